The number of hydrogen-bond donors (Lipinski definition) is 1. The van der Waals surface area contributed by atoms with Gasteiger partial charge in [0.1, 0.15) is 5.82 Å². The molecule has 0 aliphatic carbocycles. The number of hydrogen-bond acceptors (Lipinski definition) is 5. The lowest BCUT2D eigenvalue weighted by atomic mass is 10.2. The van der Waals surface area contributed by atoms with Crippen LogP contribution < -0.4 is 11.0 Å². The molecule has 158 valence electrons. The monoisotopic (exact) mass is 430 g/mol. The third-order valence-electron chi connectivity index (χ3n) is 4.61. The fourth-order valence-electron chi connectivity index (χ4n) is 3.09. The Morgan fingerprint density at radius 1 is 1.06 bits per heavy atom. The van der Waals surface area contributed by atoms with E-state index >= 15 is 0 Å². The fourth-order valence-corrected chi connectivity index (χ4v) is 3.09. The number of amides is 1. The number of aromatic nitrogens is 2. The Hall–Kier alpha value is -4.66. The quantitative estimate of drug-likeness (QED) is 0.294. The zero-order valence-corrected chi connectivity index (χ0v) is 16.4. The number of rotatable bonds is 5. The van der Waals surface area contributed by atoms with Gasteiger partial charge in [0.2, 0.25) is 0 Å². The zero-order chi connectivity index (χ0) is 22.7. The van der Waals surface area contributed by atoms with E-state index in [9.17, 15) is 24.1 Å². The number of nitrogens with zero attached hydrogens (tertiary/aromatic N) is 3. The van der Waals surface area contributed by atoms with Gasteiger partial charge in [-0.2, -0.15) is 4.68 Å². The van der Waals surface area contributed by atoms with Crippen LogP contribution in [0.1, 0.15) is 5.56 Å². The molecule has 0 saturated carbocycles. The van der Waals surface area contributed by atoms with Gasteiger partial charge in [0.15, 0.2) is 5.82 Å². The molecule has 32 heavy (non-hydrogen) atoms. The van der Waals surface area contributed by atoms with E-state index in [1.54, 1.807) is 30.3 Å². The predicted molar refractivity (Wildman–Crippen MR) is 118 cm³/mol. The van der Waals surface area contributed by atoms with Crippen LogP contribution >= 0.6 is 0 Å². The van der Waals surface area contributed by atoms with Crippen molar-refractivity contribution in [2.75, 3.05) is 5.43 Å². The van der Waals surface area contributed by atoms with E-state index in [0.717, 1.165) is 10.8 Å². The van der Waals surface area contributed by atoms with Crippen molar-refractivity contribution in [2.45, 2.75) is 0 Å². The highest BCUT2D eigenvalue weighted by Gasteiger charge is 2.14. The van der Waals surface area contributed by atoms with Gasteiger partial charge in [-0.1, -0.05) is 24.3 Å². The number of non-ortho nitro benzene ring substituents is 1. The lowest BCUT2D eigenvalue weighted by Crippen LogP contribution is -2.34. The first-order chi connectivity index (χ1) is 15.4. The molecule has 4 aromatic rings. The first-order valence-corrected chi connectivity index (χ1v) is 9.43. The van der Waals surface area contributed by atoms with Gasteiger partial charge in [-0.3, -0.25) is 25.1 Å². The molecule has 3 aromatic carbocycles. The second-order valence-electron chi connectivity index (χ2n) is 6.76. The Morgan fingerprint density at radius 2 is 1.81 bits per heavy atom. The molecular formula is C23H15FN4O4. The first kappa shape index (κ1) is 20.6. The number of fused-ring (bicyclic) bond motifs is 1. The van der Waals surface area contributed by atoms with E-state index in [2.05, 4.69) is 10.4 Å². The van der Waals surface area contributed by atoms with Crippen molar-refractivity contribution in [3.05, 3.63) is 111 Å². The molecular weight excluding hydrogens is 415 g/mol. The third-order valence-corrected chi connectivity index (χ3v) is 4.61. The molecule has 4 rings (SSSR count). The zero-order valence-electron chi connectivity index (χ0n) is 16.4. The Kier molecular flexibility index (Phi) is 5.54. The average molecular weight is 430 g/mol. The van der Waals surface area contributed by atoms with E-state index in [4.69, 9.17) is 0 Å². The van der Waals surface area contributed by atoms with Gasteiger partial charge in [0.25, 0.3) is 17.2 Å². The highest BCUT2D eigenvalue weighted by atomic mass is 19.1. The van der Waals surface area contributed by atoms with Gasteiger partial charge in [0.05, 0.1) is 15.8 Å². The third kappa shape index (κ3) is 4.26. The van der Waals surface area contributed by atoms with Crippen LogP contribution in [-0.4, -0.2) is 20.5 Å². The molecule has 0 spiro atoms. The second-order valence-corrected chi connectivity index (χ2v) is 6.76. The molecule has 0 unspecified atom stereocenters. The number of nitro benzene ring substituents is 1. The molecule has 1 heterocycles. The normalized spacial score (nSPS) is 11.0. The summed E-state index contributed by atoms with van der Waals surface area (Å²) < 4.78 is 14.4. The molecule has 0 atom stereocenters. The van der Waals surface area contributed by atoms with E-state index in [-0.39, 0.29) is 11.5 Å². The Bertz CT molecular complexity index is 1430. The maximum absolute atomic E-state index is 13.4. The van der Waals surface area contributed by atoms with Gasteiger partial charge in [-0.15, -0.1) is 0 Å². The number of carbonyl (C=O) groups is 1. The van der Waals surface area contributed by atoms with Crippen molar-refractivity contribution in [2.24, 2.45) is 0 Å². The van der Waals surface area contributed by atoms with E-state index in [0.29, 0.717) is 22.0 Å². The van der Waals surface area contributed by atoms with Crippen molar-refractivity contribution < 1.29 is 14.1 Å². The molecule has 0 aliphatic heterocycles. The standard InChI is InChI=1S/C23H15FN4O4/c24-17-11-9-16(10-12-17)22-25-20-7-2-1-6-19(20)23(30)27(22)26-21(29)13-8-15-4-3-5-18(14-15)28(31)32/h1-14H,(H,26,29). The second kappa shape index (κ2) is 8.60. The summed E-state index contributed by atoms with van der Waals surface area (Å²) in [6.07, 6.45) is 2.54. The summed E-state index contributed by atoms with van der Waals surface area (Å²) in [5.41, 5.74) is 3.16. The van der Waals surface area contributed by atoms with E-state index < -0.39 is 22.2 Å². The largest absolute Gasteiger partial charge is 0.280 e. The summed E-state index contributed by atoms with van der Waals surface area (Å²) in [6, 6.07) is 17.8. The molecule has 0 bridgehead atoms. The van der Waals surface area contributed by atoms with Crippen LogP contribution in [-0.2, 0) is 4.79 Å². The fraction of sp³-hybridized carbons (Fsp3) is 0. The number of benzene rings is 3. The summed E-state index contributed by atoms with van der Waals surface area (Å²) in [5.74, 6) is -0.975. The SMILES string of the molecule is O=C(C=Cc1cccc([N+](=O)[O-])c1)Nn1c(-c2ccc(F)cc2)nc2ccccc2c1=O. The van der Waals surface area contributed by atoms with Gasteiger partial charge >= 0.3 is 0 Å². The molecule has 1 amide bonds. The maximum Gasteiger partial charge on any atom is 0.280 e. The number of nitrogens with one attached hydrogen (secondary N) is 1. The molecule has 0 radical (unpaired) electrons. The summed E-state index contributed by atoms with van der Waals surface area (Å²) in [4.78, 5) is 40.4. The summed E-state index contributed by atoms with van der Waals surface area (Å²) >= 11 is 0. The highest BCUT2D eigenvalue weighted by Crippen LogP contribution is 2.19. The van der Waals surface area contributed by atoms with E-state index in [1.807, 2.05) is 0 Å². The molecule has 9 heteroatoms. The van der Waals surface area contributed by atoms with Crippen LogP contribution in [0.4, 0.5) is 10.1 Å². The van der Waals surface area contributed by atoms with Gasteiger partial charge in [0, 0.05) is 23.8 Å². The van der Waals surface area contributed by atoms with Crippen LogP contribution in [0, 0.1) is 15.9 Å². The minimum atomic E-state index is -0.654. The lowest BCUT2D eigenvalue weighted by molar-refractivity contribution is -0.384. The molecule has 0 fully saturated rings. The van der Waals surface area contributed by atoms with Crippen LogP contribution in [0.3, 0.4) is 0 Å². The van der Waals surface area contributed by atoms with Crippen LogP contribution in [0.5, 0.6) is 0 Å². The van der Waals surface area contributed by atoms with Gasteiger partial charge < -0.3 is 0 Å². The van der Waals surface area contributed by atoms with Crippen molar-refractivity contribution >= 4 is 28.6 Å². The highest BCUT2D eigenvalue weighted by molar-refractivity contribution is 5.98. The summed E-state index contributed by atoms with van der Waals surface area (Å²) in [7, 11) is 0. The minimum absolute atomic E-state index is 0.110. The number of para-hydroxylation sites is 1. The number of nitro groups is 1. The molecule has 1 N–H and O–H groups in total. The van der Waals surface area contributed by atoms with Crippen molar-refractivity contribution in [1.29, 1.82) is 0 Å². The first-order valence-electron chi connectivity index (χ1n) is 9.43. The topological polar surface area (TPSA) is 107 Å². The molecule has 8 nitrogen and oxygen atoms in total. The average Bonchev–Trinajstić information content (AvgIpc) is 2.80. The van der Waals surface area contributed by atoms with Crippen LogP contribution in [0.25, 0.3) is 28.4 Å². The number of carbonyl (C=O) groups excluding carboxylic acids is 1. The smallest absolute Gasteiger partial charge is 0.268 e. The van der Waals surface area contributed by atoms with E-state index in [1.165, 1.54) is 48.5 Å². The summed E-state index contributed by atoms with van der Waals surface area (Å²) in [6.45, 7) is 0. The summed E-state index contributed by atoms with van der Waals surface area (Å²) in [5, 5.41) is 11.2. The Labute approximate surface area is 180 Å². The van der Waals surface area contributed by atoms with Crippen molar-refractivity contribution in [3.63, 3.8) is 0 Å². The van der Waals surface area contributed by atoms with Crippen LogP contribution in [0.15, 0.2) is 83.7 Å². The predicted octanol–water partition coefficient (Wildman–Crippen LogP) is 3.89. The lowest BCUT2D eigenvalue weighted by Gasteiger charge is -2.13. The minimum Gasteiger partial charge on any atom is -0.268 e. The van der Waals surface area contributed by atoms with Gasteiger partial charge in [-0.05, 0) is 48.0 Å². The Balaban J connectivity index is 1.72. The van der Waals surface area contributed by atoms with Gasteiger partial charge in [-0.25, -0.2) is 9.37 Å². The van der Waals surface area contributed by atoms with Crippen molar-refractivity contribution in [3.8, 4) is 11.4 Å². The molecule has 1 aromatic heterocycles. The molecule has 0 aliphatic rings. The van der Waals surface area contributed by atoms with Crippen LogP contribution in [0.2, 0.25) is 0 Å². The van der Waals surface area contributed by atoms with Crippen molar-refractivity contribution in [1.82, 2.24) is 9.66 Å². The maximum atomic E-state index is 13.4. The molecule has 0 saturated heterocycles. The Morgan fingerprint density at radius 3 is 2.56 bits per heavy atom. The number of halogens is 1.